The Labute approximate surface area is 173 Å². The second-order valence-electron chi connectivity index (χ2n) is 6.75. The molecule has 0 atom stereocenters. The third-order valence-corrected chi connectivity index (χ3v) is 5.46. The molecular weight excluding hydrogens is 386 g/mol. The number of piperazine rings is 1. The molecule has 1 aliphatic heterocycles. The van der Waals surface area contributed by atoms with E-state index in [-0.39, 0.29) is 11.8 Å². The van der Waals surface area contributed by atoms with E-state index in [0.717, 1.165) is 5.69 Å². The van der Waals surface area contributed by atoms with E-state index in [2.05, 4.69) is 4.98 Å². The van der Waals surface area contributed by atoms with Crippen LogP contribution in [0, 0.1) is 0 Å². The summed E-state index contributed by atoms with van der Waals surface area (Å²) in [4.78, 5) is 33.2. The fourth-order valence-corrected chi connectivity index (χ4v) is 3.79. The highest BCUT2D eigenvalue weighted by molar-refractivity contribution is 7.07. The fourth-order valence-electron chi connectivity index (χ4n) is 3.24. The van der Waals surface area contributed by atoms with Crippen LogP contribution in [0.25, 0.3) is 0 Å². The minimum atomic E-state index is -0.0454. The van der Waals surface area contributed by atoms with Gasteiger partial charge in [0.1, 0.15) is 12.4 Å². The van der Waals surface area contributed by atoms with Gasteiger partial charge < -0.3 is 14.5 Å². The molecule has 0 unspecified atom stereocenters. The number of benzene rings is 2. The minimum absolute atomic E-state index is 0.00939. The molecule has 1 fully saturated rings. The van der Waals surface area contributed by atoms with E-state index >= 15 is 0 Å². The number of amides is 2. The molecule has 0 spiro atoms. The molecule has 2 amide bonds. The highest BCUT2D eigenvalue weighted by Crippen LogP contribution is 2.18. The molecule has 0 N–H and O–H groups in total. The van der Waals surface area contributed by atoms with Crippen molar-refractivity contribution in [3.8, 4) is 5.75 Å². The first-order valence-corrected chi connectivity index (χ1v) is 10.4. The first-order chi connectivity index (χ1) is 14.2. The van der Waals surface area contributed by atoms with Crippen molar-refractivity contribution in [3.05, 3.63) is 82.3 Å². The highest BCUT2D eigenvalue weighted by atomic mass is 32.1. The van der Waals surface area contributed by atoms with Gasteiger partial charge in [0, 0.05) is 42.7 Å². The van der Waals surface area contributed by atoms with Crippen LogP contribution in [0.3, 0.4) is 0 Å². The van der Waals surface area contributed by atoms with Gasteiger partial charge in [-0.1, -0.05) is 24.3 Å². The molecule has 0 saturated carbocycles. The topological polar surface area (TPSA) is 62.7 Å². The number of carbonyl (C=O) groups is 2. The monoisotopic (exact) mass is 407 g/mol. The Kier molecular flexibility index (Phi) is 5.86. The van der Waals surface area contributed by atoms with Crippen molar-refractivity contribution in [1.82, 2.24) is 14.8 Å². The maximum Gasteiger partial charge on any atom is 0.254 e. The summed E-state index contributed by atoms with van der Waals surface area (Å²) < 4.78 is 5.75. The van der Waals surface area contributed by atoms with E-state index in [9.17, 15) is 9.59 Å². The SMILES string of the molecule is O=C(c1ccccc1)N1CCN(C(=O)c2cccc(OCc3cscn3)c2)CC1. The van der Waals surface area contributed by atoms with Crippen molar-refractivity contribution in [2.45, 2.75) is 6.61 Å². The third-order valence-electron chi connectivity index (χ3n) is 4.83. The van der Waals surface area contributed by atoms with Gasteiger partial charge in [-0.05, 0) is 30.3 Å². The van der Waals surface area contributed by atoms with Gasteiger partial charge in [0.25, 0.3) is 11.8 Å². The number of nitrogens with zero attached hydrogens (tertiary/aromatic N) is 3. The lowest BCUT2D eigenvalue weighted by Gasteiger charge is -2.35. The molecule has 4 rings (SSSR count). The molecule has 0 radical (unpaired) electrons. The van der Waals surface area contributed by atoms with Gasteiger partial charge in [-0.15, -0.1) is 11.3 Å². The van der Waals surface area contributed by atoms with Crippen molar-refractivity contribution >= 4 is 23.2 Å². The van der Waals surface area contributed by atoms with Crippen molar-refractivity contribution in [2.24, 2.45) is 0 Å². The van der Waals surface area contributed by atoms with Crippen molar-refractivity contribution in [1.29, 1.82) is 0 Å². The molecule has 6 nitrogen and oxygen atoms in total. The number of hydrogen-bond acceptors (Lipinski definition) is 5. The molecular formula is C22H21N3O3S. The molecule has 1 aromatic heterocycles. The summed E-state index contributed by atoms with van der Waals surface area (Å²) in [5, 5.41) is 1.94. The largest absolute Gasteiger partial charge is 0.487 e. The van der Waals surface area contributed by atoms with Crippen LogP contribution in [0.4, 0.5) is 0 Å². The molecule has 3 aromatic rings. The molecule has 1 saturated heterocycles. The Morgan fingerprint density at radius 1 is 0.897 bits per heavy atom. The average molecular weight is 407 g/mol. The molecule has 7 heteroatoms. The Bertz CT molecular complexity index is 968. The number of hydrogen-bond donors (Lipinski definition) is 0. The van der Waals surface area contributed by atoms with Crippen molar-refractivity contribution in [3.63, 3.8) is 0 Å². The summed E-state index contributed by atoms with van der Waals surface area (Å²) in [6.45, 7) is 2.46. The standard InChI is InChI=1S/C22H21N3O3S/c26-21(17-5-2-1-3-6-17)24-9-11-25(12-10-24)22(27)18-7-4-8-20(13-18)28-14-19-15-29-16-23-19/h1-8,13,15-16H,9-12,14H2. The van der Waals surface area contributed by atoms with Crippen LogP contribution in [-0.4, -0.2) is 52.8 Å². The van der Waals surface area contributed by atoms with Crippen LogP contribution >= 0.6 is 11.3 Å². The van der Waals surface area contributed by atoms with Crippen LogP contribution in [0.5, 0.6) is 5.75 Å². The van der Waals surface area contributed by atoms with Gasteiger partial charge in [-0.25, -0.2) is 4.98 Å². The lowest BCUT2D eigenvalue weighted by atomic mass is 10.1. The van der Waals surface area contributed by atoms with E-state index in [1.54, 1.807) is 27.4 Å². The van der Waals surface area contributed by atoms with Crippen molar-refractivity contribution < 1.29 is 14.3 Å². The van der Waals surface area contributed by atoms with Gasteiger partial charge in [0.2, 0.25) is 0 Å². The molecule has 1 aliphatic rings. The van der Waals surface area contributed by atoms with E-state index in [0.29, 0.717) is 49.7 Å². The van der Waals surface area contributed by atoms with Gasteiger partial charge in [0.05, 0.1) is 11.2 Å². The van der Waals surface area contributed by atoms with E-state index < -0.39 is 0 Å². The van der Waals surface area contributed by atoms with Crippen LogP contribution in [-0.2, 0) is 6.61 Å². The van der Waals surface area contributed by atoms with Gasteiger partial charge >= 0.3 is 0 Å². The predicted octanol–water partition coefficient (Wildman–Crippen LogP) is 3.32. The first kappa shape index (κ1) is 19.1. The zero-order chi connectivity index (χ0) is 20.1. The van der Waals surface area contributed by atoms with Crippen LogP contribution < -0.4 is 4.74 Å². The van der Waals surface area contributed by atoms with Gasteiger partial charge in [-0.3, -0.25) is 9.59 Å². The molecule has 2 heterocycles. The zero-order valence-corrected chi connectivity index (χ0v) is 16.7. The Hall–Kier alpha value is -3.19. The van der Waals surface area contributed by atoms with Crippen molar-refractivity contribution in [2.75, 3.05) is 26.2 Å². The molecule has 0 aliphatic carbocycles. The minimum Gasteiger partial charge on any atom is -0.487 e. The summed E-state index contributed by atoms with van der Waals surface area (Å²) in [6.07, 6.45) is 0. The van der Waals surface area contributed by atoms with E-state index in [4.69, 9.17) is 4.74 Å². The average Bonchev–Trinajstić information content (AvgIpc) is 3.31. The molecule has 29 heavy (non-hydrogen) atoms. The summed E-state index contributed by atoms with van der Waals surface area (Å²) in [6, 6.07) is 16.4. The van der Waals surface area contributed by atoms with Crippen LogP contribution in [0.1, 0.15) is 26.4 Å². The van der Waals surface area contributed by atoms with Gasteiger partial charge in [-0.2, -0.15) is 0 Å². The Balaban J connectivity index is 1.34. The molecule has 148 valence electrons. The predicted molar refractivity (Wildman–Crippen MR) is 111 cm³/mol. The van der Waals surface area contributed by atoms with Crippen LogP contribution in [0.2, 0.25) is 0 Å². The maximum absolute atomic E-state index is 12.9. The number of ether oxygens (including phenoxy) is 1. The molecule has 2 aromatic carbocycles. The first-order valence-electron chi connectivity index (χ1n) is 9.44. The molecule has 0 bridgehead atoms. The zero-order valence-electron chi connectivity index (χ0n) is 15.9. The highest BCUT2D eigenvalue weighted by Gasteiger charge is 2.25. The number of rotatable bonds is 5. The number of carbonyl (C=O) groups excluding carboxylic acids is 2. The summed E-state index contributed by atoms with van der Waals surface area (Å²) in [5.41, 5.74) is 3.90. The summed E-state index contributed by atoms with van der Waals surface area (Å²) in [5.74, 6) is 0.604. The summed E-state index contributed by atoms with van der Waals surface area (Å²) >= 11 is 1.52. The lowest BCUT2D eigenvalue weighted by molar-refractivity contribution is 0.0535. The Morgan fingerprint density at radius 2 is 1.55 bits per heavy atom. The van der Waals surface area contributed by atoms with Gasteiger partial charge in [0.15, 0.2) is 0 Å². The second-order valence-corrected chi connectivity index (χ2v) is 7.47. The number of aromatic nitrogens is 1. The maximum atomic E-state index is 12.9. The number of thiazole rings is 1. The normalized spacial score (nSPS) is 13.9. The van der Waals surface area contributed by atoms with Crippen LogP contribution in [0.15, 0.2) is 65.5 Å². The second kappa shape index (κ2) is 8.87. The third kappa shape index (κ3) is 4.63. The quantitative estimate of drug-likeness (QED) is 0.651. The van der Waals surface area contributed by atoms with E-state index in [1.807, 2.05) is 47.8 Å². The summed E-state index contributed by atoms with van der Waals surface area (Å²) in [7, 11) is 0. The Morgan fingerprint density at radius 3 is 2.21 bits per heavy atom. The lowest BCUT2D eigenvalue weighted by Crippen LogP contribution is -2.50. The fraction of sp³-hybridized carbons (Fsp3) is 0.227. The smallest absolute Gasteiger partial charge is 0.254 e. The van der Waals surface area contributed by atoms with E-state index in [1.165, 1.54) is 11.3 Å².